The lowest BCUT2D eigenvalue weighted by atomic mass is 10.2. The molecular formula is C12H18N2O3S. The number of aromatic nitrogens is 1. The lowest BCUT2D eigenvalue weighted by molar-refractivity contribution is -0.130. The first-order valence-electron chi connectivity index (χ1n) is 5.67. The largest absolute Gasteiger partial charge is 0.478 e. The summed E-state index contributed by atoms with van der Waals surface area (Å²) in [5, 5.41) is 11.3. The lowest BCUT2D eigenvalue weighted by Gasteiger charge is -2.18. The minimum absolute atomic E-state index is 0.220. The van der Waals surface area contributed by atoms with Crippen LogP contribution in [0.3, 0.4) is 0 Å². The third-order valence-electron chi connectivity index (χ3n) is 1.86. The SMILES string of the molecule is CC/C=C(\C(=O)O)c1csc(NOC(C)(C)C)n1. The van der Waals surface area contributed by atoms with Crippen molar-refractivity contribution in [1.29, 1.82) is 0 Å². The highest BCUT2D eigenvalue weighted by Gasteiger charge is 2.15. The van der Waals surface area contributed by atoms with Crippen LogP contribution in [0.5, 0.6) is 0 Å². The molecule has 1 heterocycles. The highest BCUT2D eigenvalue weighted by molar-refractivity contribution is 7.13. The molecule has 1 aromatic rings. The number of hydrogen-bond donors (Lipinski definition) is 2. The van der Waals surface area contributed by atoms with E-state index in [2.05, 4.69) is 10.5 Å². The third kappa shape index (κ3) is 4.46. The molecule has 1 rings (SSSR count). The zero-order valence-corrected chi connectivity index (χ0v) is 11.8. The molecule has 0 aliphatic heterocycles. The van der Waals surface area contributed by atoms with E-state index in [1.165, 1.54) is 11.3 Å². The molecule has 0 unspecified atom stereocenters. The smallest absolute Gasteiger partial charge is 0.337 e. The van der Waals surface area contributed by atoms with Gasteiger partial charge in [-0.3, -0.25) is 4.84 Å². The monoisotopic (exact) mass is 270 g/mol. The molecular weight excluding hydrogens is 252 g/mol. The van der Waals surface area contributed by atoms with E-state index in [0.29, 0.717) is 17.2 Å². The average molecular weight is 270 g/mol. The first kappa shape index (κ1) is 14.7. The number of carboxylic acids is 1. The van der Waals surface area contributed by atoms with E-state index in [4.69, 9.17) is 9.94 Å². The highest BCUT2D eigenvalue weighted by Crippen LogP contribution is 2.23. The van der Waals surface area contributed by atoms with Crippen LogP contribution < -0.4 is 5.48 Å². The fourth-order valence-electron chi connectivity index (χ4n) is 1.15. The van der Waals surface area contributed by atoms with Gasteiger partial charge in [0.2, 0.25) is 5.13 Å². The Labute approximate surface area is 110 Å². The second kappa shape index (κ2) is 5.97. The summed E-state index contributed by atoms with van der Waals surface area (Å²) in [6.07, 6.45) is 2.30. The number of nitrogens with one attached hydrogen (secondary N) is 1. The van der Waals surface area contributed by atoms with Crippen LogP contribution in [0.25, 0.3) is 5.57 Å². The summed E-state index contributed by atoms with van der Waals surface area (Å²) in [5.74, 6) is -0.967. The summed E-state index contributed by atoms with van der Waals surface area (Å²) < 4.78 is 0. The number of hydrogen-bond acceptors (Lipinski definition) is 5. The van der Waals surface area contributed by atoms with Crippen LogP contribution >= 0.6 is 11.3 Å². The standard InChI is InChI=1S/C12H18N2O3S/c1-5-6-8(10(15)16)9-7-18-11(13-9)14-17-12(2,3)4/h6-7H,5H2,1-4H3,(H,13,14)(H,15,16)/b8-6-. The molecule has 0 saturated carbocycles. The van der Waals surface area contributed by atoms with Crippen molar-refractivity contribution in [1.82, 2.24) is 4.98 Å². The Kier molecular flexibility index (Phi) is 4.86. The normalized spacial score (nSPS) is 12.6. The van der Waals surface area contributed by atoms with Crippen molar-refractivity contribution in [2.75, 3.05) is 5.48 Å². The molecule has 0 atom stereocenters. The molecule has 0 spiro atoms. The van der Waals surface area contributed by atoms with Crippen molar-refractivity contribution in [2.45, 2.75) is 39.7 Å². The van der Waals surface area contributed by atoms with Crippen molar-refractivity contribution >= 4 is 28.0 Å². The van der Waals surface area contributed by atoms with Gasteiger partial charge in [-0.2, -0.15) is 0 Å². The minimum Gasteiger partial charge on any atom is -0.478 e. The molecule has 100 valence electrons. The van der Waals surface area contributed by atoms with Crippen molar-refractivity contribution in [3.05, 3.63) is 17.2 Å². The molecule has 1 aromatic heterocycles. The summed E-state index contributed by atoms with van der Waals surface area (Å²) in [7, 11) is 0. The Morgan fingerprint density at radius 1 is 1.61 bits per heavy atom. The molecule has 5 nitrogen and oxygen atoms in total. The Morgan fingerprint density at radius 2 is 2.28 bits per heavy atom. The molecule has 18 heavy (non-hydrogen) atoms. The molecule has 2 N–H and O–H groups in total. The molecule has 6 heteroatoms. The van der Waals surface area contributed by atoms with Gasteiger partial charge in [-0.15, -0.1) is 11.3 Å². The summed E-state index contributed by atoms with van der Waals surface area (Å²) in [4.78, 5) is 20.6. The number of aliphatic carboxylic acids is 1. The average Bonchev–Trinajstić information content (AvgIpc) is 2.70. The second-order valence-corrected chi connectivity index (χ2v) is 5.54. The zero-order valence-electron chi connectivity index (χ0n) is 11.0. The van der Waals surface area contributed by atoms with Gasteiger partial charge in [-0.25, -0.2) is 15.3 Å². The summed E-state index contributed by atoms with van der Waals surface area (Å²) in [6.45, 7) is 7.62. The summed E-state index contributed by atoms with van der Waals surface area (Å²) in [6, 6.07) is 0. The summed E-state index contributed by atoms with van der Waals surface area (Å²) >= 11 is 1.31. The van der Waals surface area contributed by atoms with Gasteiger partial charge in [-0.1, -0.05) is 13.0 Å². The molecule has 0 bridgehead atoms. The van der Waals surface area contributed by atoms with Crippen LogP contribution in [0, 0.1) is 0 Å². The third-order valence-corrected chi connectivity index (χ3v) is 2.60. The second-order valence-electron chi connectivity index (χ2n) is 4.69. The number of anilines is 1. The Bertz CT molecular complexity index is 446. The van der Waals surface area contributed by atoms with Crippen LogP contribution in [-0.2, 0) is 9.63 Å². The van der Waals surface area contributed by atoms with Crippen molar-refractivity contribution in [3.63, 3.8) is 0 Å². The van der Waals surface area contributed by atoms with E-state index in [9.17, 15) is 4.79 Å². The quantitative estimate of drug-likeness (QED) is 0.635. The molecule has 0 fully saturated rings. The van der Waals surface area contributed by atoms with Gasteiger partial charge in [0.25, 0.3) is 0 Å². The minimum atomic E-state index is -0.967. The van der Waals surface area contributed by atoms with Gasteiger partial charge in [-0.05, 0) is 27.2 Å². The van der Waals surface area contributed by atoms with Crippen LogP contribution in [0.15, 0.2) is 11.5 Å². The number of thiazole rings is 1. The van der Waals surface area contributed by atoms with Crippen LogP contribution in [0.4, 0.5) is 5.13 Å². The van der Waals surface area contributed by atoms with Crippen LogP contribution in [0.2, 0.25) is 0 Å². The van der Waals surface area contributed by atoms with Crippen molar-refractivity contribution in [3.8, 4) is 0 Å². The maximum Gasteiger partial charge on any atom is 0.337 e. The van der Waals surface area contributed by atoms with E-state index < -0.39 is 5.97 Å². The first-order valence-corrected chi connectivity index (χ1v) is 6.55. The van der Waals surface area contributed by atoms with Gasteiger partial charge in [0.1, 0.15) is 0 Å². The van der Waals surface area contributed by atoms with Gasteiger partial charge >= 0.3 is 5.97 Å². The summed E-state index contributed by atoms with van der Waals surface area (Å²) in [5.41, 5.74) is 3.07. The van der Waals surface area contributed by atoms with E-state index >= 15 is 0 Å². The van der Waals surface area contributed by atoms with E-state index in [0.717, 1.165) is 0 Å². The van der Waals surface area contributed by atoms with E-state index in [1.807, 2.05) is 27.7 Å². The van der Waals surface area contributed by atoms with Gasteiger partial charge in [0.15, 0.2) is 0 Å². The Hall–Kier alpha value is -1.40. The van der Waals surface area contributed by atoms with Crippen LogP contribution in [-0.4, -0.2) is 21.7 Å². The molecule has 0 radical (unpaired) electrons. The number of nitrogens with zero attached hydrogens (tertiary/aromatic N) is 1. The predicted octanol–water partition coefficient (Wildman–Crippen LogP) is 3.16. The van der Waals surface area contributed by atoms with Gasteiger partial charge in [0.05, 0.1) is 16.9 Å². The number of rotatable bonds is 5. The predicted molar refractivity (Wildman–Crippen MR) is 72.5 cm³/mol. The Morgan fingerprint density at radius 3 is 2.78 bits per heavy atom. The molecule has 0 amide bonds. The van der Waals surface area contributed by atoms with Crippen molar-refractivity contribution < 1.29 is 14.7 Å². The first-order chi connectivity index (χ1) is 8.33. The zero-order chi connectivity index (χ0) is 13.8. The van der Waals surface area contributed by atoms with Crippen LogP contribution in [0.1, 0.15) is 39.8 Å². The van der Waals surface area contributed by atoms with E-state index in [-0.39, 0.29) is 11.2 Å². The lowest BCUT2D eigenvalue weighted by Crippen LogP contribution is -2.22. The fourth-order valence-corrected chi connectivity index (χ4v) is 1.79. The topological polar surface area (TPSA) is 71.5 Å². The van der Waals surface area contributed by atoms with Gasteiger partial charge in [0, 0.05) is 5.38 Å². The maximum atomic E-state index is 11.1. The molecule has 0 saturated heterocycles. The molecule has 0 aliphatic carbocycles. The highest BCUT2D eigenvalue weighted by atomic mass is 32.1. The van der Waals surface area contributed by atoms with Gasteiger partial charge < -0.3 is 5.11 Å². The number of allylic oxidation sites excluding steroid dienone is 1. The fraction of sp³-hybridized carbons (Fsp3) is 0.500. The maximum absolute atomic E-state index is 11.1. The number of carboxylic acid groups (broad SMARTS) is 1. The van der Waals surface area contributed by atoms with E-state index in [1.54, 1.807) is 11.5 Å². The molecule has 0 aliphatic rings. The Balaban J connectivity index is 2.79. The molecule has 0 aromatic carbocycles. The number of carbonyl (C=O) groups is 1. The van der Waals surface area contributed by atoms with Crippen molar-refractivity contribution in [2.24, 2.45) is 0 Å².